The Balaban J connectivity index is 1.77. The summed E-state index contributed by atoms with van der Waals surface area (Å²) in [5.74, 6) is 0.465. The monoisotopic (exact) mass is 463 g/mol. The number of aromatic nitrogens is 3. The summed E-state index contributed by atoms with van der Waals surface area (Å²) in [6.45, 7) is 3.25. The van der Waals surface area contributed by atoms with Crippen molar-refractivity contribution in [2.75, 3.05) is 0 Å². The number of sulfonamides is 1. The molecule has 0 bridgehead atoms. The van der Waals surface area contributed by atoms with Crippen molar-refractivity contribution in [3.8, 4) is 17.5 Å². The zero-order valence-corrected chi connectivity index (χ0v) is 18.1. The second-order valence-corrected chi connectivity index (χ2v) is 9.75. The molecule has 0 saturated heterocycles. The molecule has 0 amide bonds. The highest BCUT2D eigenvalue weighted by Gasteiger charge is 2.39. The fourth-order valence-electron chi connectivity index (χ4n) is 3.49. The number of hydrogen-bond acceptors (Lipinski definition) is 5. The Morgan fingerprint density at radius 1 is 1.28 bits per heavy atom. The van der Waals surface area contributed by atoms with Gasteiger partial charge in [0.25, 0.3) is 0 Å². The molecule has 1 atom stereocenters. The molecule has 7 nitrogen and oxygen atoms in total. The number of pyridine rings is 2. The van der Waals surface area contributed by atoms with Crippen molar-refractivity contribution in [3.63, 3.8) is 0 Å². The van der Waals surface area contributed by atoms with E-state index in [1.807, 2.05) is 17.6 Å². The number of nitriles is 1. The van der Waals surface area contributed by atoms with Gasteiger partial charge in [0.05, 0.1) is 17.0 Å². The third-order valence-electron chi connectivity index (χ3n) is 5.40. The minimum absolute atomic E-state index is 0.348. The highest BCUT2D eigenvalue weighted by Crippen LogP contribution is 2.37. The Labute approximate surface area is 183 Å². The quantitative estimate of drug-likeness (QED) is 0.597. The maximum atomic E-state index is 12.8. The summed E-state index contributed by atoms with van der Waals surface area (Å²) in [7, 11) is -4.42. The van der Waals surface area contributed by atoms with Crippen LogP contribution in [0.25, 0.3) is 22.4 Å². The van der Waals surface area contributed by atoms with E-state index in [-0.39, 0.29) is 0 Å². The molecular formula is C21H20F3N5O2S. The highest BCUT2D eigenvalue weighted by molar-refractivity contribution is 7.89. The number of fused-ring (bicyclic) bond motifs is 1. The fraction of sp³-hybridized carbons (Fsp3) is 0.381. The molecule has 4 rings (SSSR count). The minimum atomic E-state index is -4.71. The van der Waals surface area contributed by atoms with Gasteiger partial charge in [0.15, 0.2) is 0 Å². The Morgan fingerprint density at radius 2 is 2.00 bits per heavy atom. The molecule has 0 aromatic carbocycles. The SMILES string of the molecule is Cc1cnc2c(c1)c(C#N)c(-c1ccc(S(=O)(=O)NC(C)C(F)(F)F)cn1)n2CC1CC1. The van der Waals surface area contributed by atoms with Gasteiger partial charge in [-0.3, -0.25) is 4.98 Å². The third kappa shape index (κ3) is 4.20. The highest BCUT2D eigenvalue weighted by atomic mass is 32.2. The molecule has 1 N–H and O–H groups in total. The Morgan fingerprint density at radius 3 is 2.56 bits per heavy atom. The molecule has 1 saturated carbocycles. The smallest absolute Gasteiger partial charge is 0.323 e. The summed E-state index contributed by atoms with van der Waals surface area (Å²) in [4.78, 5) is 8.31. The second kappa shape index (κ2) is 7.86. The van der Waals surface area contributed by atoms with Crippen LogP contribution >= 0.6 is 0 Å². The van der Waals surface area contributed by atoms with Crippen molar-refractivity contribution in [2.24, 2.45) is 5.92 Å². The molecule has 1 fully saturated rings. The van der Waals surface area contributed by atoms with Gasteiger partial charge in [-0.05, 0) is 56.4 Å². The van der Waals surface area contributed by atoms with Crippen LogP contribution in [0.15, 0.2) is 35.5 Å². The van der Waals surface area contributed by atoms with E-state index in [0.29, 0.717) is 40.4 Å². The summed E-state index contributed by atoms with van der Waals surface area (Å²) in [5, 5.41) is 10.5. The lowest BCUT2D eigenvalue weighted by atomic mass is 10.1. The topological polar surface area (TPSA) is 101 Å². The molecule has 0 aliphatic heterocycles. The zero-order chi connectivity index (χ0) is 23.3. The lowest BCUT2D eigenvalue weighted by Crippen LogP contribution is -2.42. The van der Waals surface area contributed by atoms with Crippen LogP contribution in [0.4, 0.5) is 13.2 Å². The van der Waals surface area contributed by atoms with Crippen molar-refractivity contribution < 1.29 is 21.6 Å². The molecule has 0 spiro atoms. The predicted octanol–water partition coefficient (Wildman–Crippen LogP) is 3.92. The number of hydrogen-bond donors (Lipinski definition) is 1. The molecule has 1 aliphatic carbocycles. The van der Waals surface area contributed by atoms with Gasteiger partial charge >= 0.3 is 6.18 Å². The van der Waals surface area contributed by atoms with E-state index in [4.69, 9.17) is 0 Å². The predicted molar refractivity (Wildman–Crippen MR) is 111 cm³/mol. The minimum Gasteiger partial charge on any atom is -0.323 e. The van der Waals surface area contributed by atoms with Gasteiger partial charge in [-0.15, -0.1) is 0 Å². The molecule has 0 radical (unpaired) electrons. The molecule has 3 heterocycles. The number of nitrogens with zero attached hydrogens (tertiary/aromatic N) is 4. The summed E-state index contributed by atoms with van der Waals surface area (Å²) < 4.78 is 66.5. The van der Waals surface area contributed by atoms with Gasteiger partial charge in [-0.25, -0.2) is 13.4 Å². The molecule has 32 heavy (non-hydrogen) atoms. The average Bonchev–Trinajstić information content (AvgIpc) is 3.48. The average molecular weight is 463 g/mol. The molecular weight excluding hydrogens is 443 g/mol. The van der Waals surface area contributed by atoms with Gasteiger partial charge in [0, 0.05) is 24.3 Å². The van der Waals surface area contributed by atoms with Crippen LogP contribution in [0.2, 0.25) is 0 Å². The first-order valence-corrected chi connectivity index (χ1v) is 11.4. The fourth-order valence-corrected chi connectivity index (χ4v) is 4.67. The lowest BCUT2D eigenvalue weighted by Gasteiger charge is -2.17. The van der Waals surface area contributed by atoms with E-state index in [9.17, 15) is 26.9 Å². The maximum absolute atomic E-state index is 12.8. The van der Waals surface area contributed by atoms with Crippen molar-refractivity contribution in [3.05, 3.63) is 41.7 Å². The van der Waals surface area contributed by atoms with Crippen LogP contribution < -0.4 is 4.72 Å². The van der Waals surface area contributed by atoms with E-state index in [2.05, 4.69) is 16.0 Å². The van der Waals surface area contributed by atoms with E-state index < -0.39 is 27.1 Å². The molecule has 168 valence electrons. The normalized spacial score (nSPS) is 15.6. The first-order valence-electron chi connectivity index (χ1n) is 9.95. The summed E-state index contributed by atoms with van der Waals surface area (Å²) in [5.41, 5.74) is 2.79. The van der Waals surface area contributed by atoms with Gasteiger partial charge < -0.3 is 4.57 Å². The number of nitrogens with one attached hydrogen (secondary N) is 1. The van der Waals surface area contributed by atoms with Crippen LogP contribution in [0.5, 0.6) is 0 Å². The van der Waals surface area contributed by atoms with E-state index in [0.717, 1.165) is 31.5 Å². The van der Waals surface area contributed by atoms with Crippen molar-refractivity contribution in [2.45, 2.75) is 50.3 Å². The standard InChI is InChI=1S/C21H20F3N5O2S/c1-12-7-16-17(8-25)19(29(11-14-3-4-14)20(16)27-9-12)18-6-5-15(10-26-18)32(30,31)28-13(2)21(22,23)24/h5-7,9-10,13-14,28H,3-4,11H2,1-2H3. The van der Waals surface area contributed by atoms with Gasteiger partial charge in [0.1, 0.15) is 22.7 Å². The molecule has 3 aromatic rings. The molecule has 1 aliphatic rings. The Bertz CT molecular complexity index is 1320. The third-order valence-corrected chi connectivity index (χ3v) is 6.92. The Hall–Kier alpha value is -2.97. The van der Waals surface area contributed by atoms with Crippen LogP contribution in [0, 0.1) is 24.2 Å². The lowest BCUT2D eigenvalue weighted by molar-refractivity contribution is -0.147. The van der Waals surface area contributed by atoms with Crippen LogP contribution in [-0.2, 0) is 16.6 Å². The maximum Gasteiger partial charge on any atom is 0.404 e. The summed E-state index contributed by atoms with van der Waals surface area (Å²) >= 11 is 0. The first kappa shape index (κ1) is 22.2. The van der Waals surface area contributed by atoms with Gasteiger partial charge in [-0.2, -0.15) is 23.2 Å². The number of halogens is 3. The van der Waals surface area contributed by atoms with Gasteiger partial charge in [-0.1, -0.05) is 0 Å². The number of alkyl halides is 3. The van der Waals surface area contributed by atoms with Crippen LogP contribution in [0.3, 0.4) is 0 Å². The Kier molecular flexibility index (Phi) is 5.46. The number of rotatable bonds is 6. The number of aryl methyl sites for hydroxylation is 1. The molecule has 1 unspecified atom stereocenters. The first-order chi connectivity index (χ1) is 15.0. The zero-order valence-electron chi connectivity index (χ0n) is 17.3. The summed E-state index contributed by atoms with van der Waals surface area (Å²) in [6.07, 6.45) is 0.144. The van der Waals surface area contributed by atoms with E-state index in [1.54, 1.807) is 10.9 Å². The van der Waals surface area contributed by atoms with E-state index in [1.165, 1.54) is 12.1 Å². The van der Waals surface area contributed by atoms with Crippen LogP contribution in [0.1, 0.15) is 30.9 Å². The van der Waals surface area contributed by atoms with Crippen molar-refractivity contribution in [1.29, 1.82) is 5.26 Å². The van der Waals surface area contributed by atoms with Crippen molar-refractivity contribution >= 4 is 21.1 Å². The molecule has 3 aromatic heterocycles. The van der Waals surface area contributed by atoms with Crippen LogP contribution in [-0.4, -0.2) is 35.2 Å². The van der Waals surface area contributed by atoms with Crippen molar-refractivity contribution in [1.82, 2.24) is 19.3 Å². The molecule has 11 heteroatoms. The largest absolute Gasteiger partial charge is 0.404 e. The second-order valence-electron chi connectivity index (χ2n) is 8.04. The van der Waals surface area contributed by atoms with E-state index >= 15 is 0 Å². The van der Waals surface area contributed by atoms with Gasteiger partial charge in [0.2, 0.25) is 10.0 Å². The summed E-state index contributed by atoms with van der Waals surface area (Å²) in [6, 6.07) is 4.42.